The molecule has 71 heavy (non-hydrogen) atoms. The fourth-order valence-electron chi connectivity index (χ4n) is 9.51. The minimum atomic E-state index is -0.668. The first kappa shape index (κ1) is 25.8. The standard InChI is InChI=1S/C66H46N4O/c1-5-21-46(22-6-1)54-30-19-31-55(47-23-7-2-8-24-47)65(54)50-41-51(43-53(42-50)71-52-38-39-59-58-29-13-14-34-60(58)70(63(59)44-52)64-37-17-18-40-67-64)68-45-69(62-36-16-15-35-61(62)68)66-56(48-25-9-3-10-26-48)32-20-33-57(66)49-27-11-4-12-28-49/h1-44H,45H2/i1D,2D,3D,4D,5D,6D,7D,8D,9D,10D,11D,12D,21D,22D,23D,24D,25D,26D,27D,28D. The Morgan fingerprint density at radius 2 is 0.944 bits per heavy atom. The minimum Gasteiger partial charge on any atom is -0.457 e. The molecule has 0 bridgehead atoms. The molecule has 3 heterocycles. The van der Waals surface area contributed by atoms with Crippen LogP contribution >= 0.6 is 0 Å². The van der Waals surface area contributed by atoms with Gasteiger partial charge in [-0.3, -0.25) is 4.57 Å². The average molecular weight is 931 g/mol. The SMILES string of the molecule is [2H]c1c([2H])c([2H])c(-c2cccc(-c3c([2H])c([2H])c([2H])c([2H])c3[2H])c2-c2cc(Oc3ccc4c5ccccc5n(-c5ccccn5)c4c3)cc(N3CN(c4c(-c5c([2H])c([2H])c([2H])c([2H])c5[2H])cccc4-c4c([2H])c([2H])c([2H])c([2H])c4[2H])c4ccccc43)c2)c([2H])c1[2H]. The van der Waals surface area contributed by atoms with E-state index in [0.717, 1.165) is 21.8 Å². The number of anilines is 4. The van der Waals surface area contributed by atoms with Crippen molar-refractivity contribution in [2.45, 2.75) is 0 Å². The minimum absolute atomic E-state index is 0.0185. The number of nitrogens with zero attached hydrogens (tertiary/aromatic N) is 4. The topological polar surface area (TPSA) is 33.5 Å². The van der Waals surface area contributed by atoms with Crippen molar-refractivity contribution in [2.24, 2.45) is 0 Å². The van der Waals surface area contributed by atoms with E-state index in [4.69, 9.17) is 26.2 Å². The fourth-order valence-corrected chi connectivity index (χ4v) is 9.51. The second kappa shape index (κ2) is 17.9. The van der Waals surface area contributed by atoms with Crippen molar-refractivity contribution in [2.75, 3.05) is 16.5 Å². The van der Waals surface area contributed by atoms with E-state index in [1.165, 1.54) is 36.4 Å². The molecule has 0 aliphatic carbocycles. The smallest absolute Gasteiger partial charge is 0.137 e. The van der Waals surface area contributed by atoms with E-state index < -0.39 is 121 Å². The van der Waals surface area contributed by atoms with Gasteiger partial charge in [0.05, 0.1) is 55.5 Å². The highest BCUT2D eigenvalue weighted by Gasteiger charge is 2.32. The first-order valence-electron chi connectivity index (χ1n) is 32.5. The summed E-state index contributed by atoms with van der Waals surface area (Å²) in [5.41, 5.74) is 2.26. The molecule has 0 spiro atoms. The number of ether oxygens (including phenoxy) is 1. The number of aromatic nitrogens is 2. The third-order valence-electron chi connectivity index (χ3n) is 12.4. The lowest BCUT2D eigenvalue weighted by Gasteiger charge is -2.27. The van der Waals surface area contributed by atoms with Crippen molar-refractivity contribution in [1.29, 1.82) is 0 Å². The quantitative estimate of drug-likeness (QED) is 0.137. The number of fused-ring (bicyclic) bond motifs is 4. The van der Waals surface area contributed by atoms with Crippen molar-refractivity contribution < 1.29 is 32.2 Å². The van der Waals surface area contributed by atoms with Crippen LogP contribution in [0.4, 0.5) is 22.7 Å². The van der Waals surface area contributed by atoms with Crippen molar-refractivity contribution in [3.63, 3.8) is 0 Å². The number of benzene rings is 10. The highest BCUT2D eigenvalue weighted by molar-refractivity contribution is 6.09. The van der Waals surface area contributed by atoms with E-state index in [2.05, 4.69) is 0 Å². The van der Waals surface area contributed by atoms with E-state index in [-0.39, 0.29) is 73.7 Å². The van der Waals surface area contributed by atoms with Gasteiger partial charge < -0.3 is 14.5 Å². The number of hydrogen-bond donors (Lipinski definition) is 0. The van der Waals surface area contributed by atoms with Crippen LogP contribution in [-0.4, -0.2) is 16.2 Å². The molecular formula is C66H46N4O. The maximum absolute atomic E-state index is 9.32. The van der Waals surface area contributed by atoms with Crippen molar-refractivity contribution in [3.8, 4) is 73.0 Å². The van der Waals surface area contributed by atoms with Crippen molar-refractivity contribution >= 4 is 44.6 Å². The summed E-state index contributed by atoms with van der Waals surface area (Å²) in [5, 5.41) is 1.81. The molecule has 336 valence electrons. The Morgan fingerprint density at radius 3 is 1.55 bits per heavy atom. The Balaban J connectivity index is 1.11. The maximum atomic E-state index is 9.32. The maximum Gasteiger partial charge on any atom is 0.137 e. The highest BCUT2D eigenvalue weighted by Crippen LogP contribution is 2.52. The molecule has 5 heteroatoms. The van der Waals surface area contributed by atoms with Gasteiger partial charge in [-0.1, -0.05) is 194 Å². The first-order valence-corrected chi connectivity index (χ1v) is 22.5. The van der Waals surface area contributed by atoms with Gasteiger partial charge >= 0.3 is 0 Å². The van der Waals surface area contributed by atoms with Crippen LogP contribution < -0.4 is 14.5 Å². The summed E-state index contributed by atoms with van der Waals surface area (Å²) >= 11 is 0. The van der Waals surface area contributed by atoms with Crippen molar-refractivity contribution in [3.05, 3.63) is 267 Å². The van der Waals surface area contributed by atoms with Crippen LogP contribution in [0.15, 0.2) is 267 Å². The van der Waals surface area contributed by atoms with Crippen LogP contribution in [0.1, 0.15) is 27.4 Å². The molecule has 0 saturated heterocycles. The predicted octanol–water partition coefficient (Wildman–Crippen LogP) is 17.6. The molecule has 0 N–H and O–H groups in total. The van der Waals surface area contributed by atoms with Gasteiger partial charge in [0.15, 0.2) is 0 Å². The summed E-state index contributed by atoms with van der Waals surface area (Å²) in [5.74, 6) is 1.07. The number of rotatable bonds is 10. The van der Waals surface area contributed by atoms with Gasteiger partial charge in [0.1, 0.15) is 24.0 Å². The highest BCUT2D eigenvalue weighted by atomic mass is 16.5. The van der Waals surface area contributed by atoms with Gasteiger partial charge in [0.25, 0.3) is 0 Å². The predicted molar refractivity (Wildman–Crippen MR) is 294 cm³/mol. The molecule has 0 atom stereocenters. The third kappa shape index (κ3) is 7.57. The number of hydrogen-bond acceptors (Lipinski definition) is 4. The van der Waals surface area contributed by atoms with E-state index in [9.17, 15) is 11.0 Å². The second-order valence-corrected chi connectivity index (χ2v) is 16.5. The molecule has 0 saturated carbocycles. The average Bonchev–Trinajstić information content (AvgIpc) is 1.71. The van der Waals surface area contributed by atoms with Crippen LogP contribution in [0, 0.1) is 0 Å². The molecule has 1 aliphatic rings. The Labute approximate surface area is 441 Å². The van der Waals surface area contributed by atoms with Gasteiger partial charge in [-0.25, -0.2) is 4.98 Å². The zero-order valence-electron chi connectivity index (χ0n) is 57.3. The summed E-state index contributed by atoms with van der Waals surface area (Å²) in [6.45, 7) is -0.222. The molecule has 0 unspecified atom stereocenters. The molecule has 2 aromatic heterocycles. The molecule has 5 nitrogen and oxygen atoms in total. The zero-order chi connectivity index (χ0) is 64.5. The molecule has 0 fully saturated rings. The Morgan fingerprint density at radius 1 is 0.408 bits per heavy atom. The summed E-state index contributed by atoms with van der Waals surface area (Å²) in [7, 11) is 0. The largest absolute Gasteiger partial charge is 0.457 e. The fraction of sp³-hybridized carbons (Fsp3) is 0.0152. The Hall–Kier alpha value is -9.45. The van der Waals surface area contributed by atoms with Crippen LogP contribution in [0.3, 0.4) is 0 Å². The molecule has 0 radical (unpaired) electrons. The van der Waals surface area contributed by atoms with E-state index in [1.807, 2.05) is 64.1 Å². The van der Waals surface area contributed by atoms with Gasteiger partial charge in [0, 0.05) is 45.9 Å². The molecule has 0 amide bonds. The lowest BCUT2D eigenvalue weighted by Crippen LogP contribution is -2.25. The van der Waals surface area contributed by atoms with E-state index >= 15 is 0 Å². The summed E-state index contributed by atoms with van der Waals surface area (Å²) in [6, 6.07) is 27.6. The lowest BCUT2D eigenvalue weighted by molar-refractivity contribution is 0.483. The Bertz CT molecular complexity index is 4820. The Kier molecular flexibility index (Phi) is 6.50. The lowest BCUT2D eigenvalue weighted by atomic mass is 9.87. The van der Waals surface area contributed by atoms with Gasteiger partial charge in [-0.05, 0) is 99.1 Å². The van der Waals surface area contributed by atoms with E-state index in [1.54, 1.807) is 59.6 Å². The monoisotopic (exact) mass is 930 g/mol. The summed E-state index contributed by atoms with van der Waals surface area (Å²) in [6.07, 6.45) is 1.69. The molecule has 1 aliphatic heterocycles. The molecule has 12 aromatic rings. The van der Waals surface area contributed by atoms with Gasteiger partial charge in [0.2, 0.25) is 0 Å². The van der Waals surface area contributed by atoms with Crippen LogP contribution in [0.5, 0.6) is 11.5 Å². The summed E-state index contributed by atoms with van der Waals surface area (Å²) < 4.78 is 188. The normalized spacial score (nSPS) is 16.1. The summed E-state index contributed by atoms with van der Waals surface area (Å²) in [4.78, 5) is 8.26. The zero-order valence-corrected chi connectivity index (χ0v) is 37.3. The van der Waals surface area contributed by atoms with Crippen LogP contribution in [0.25, 0.3) is 83.3 Å². The van der Waals surface area contributed by atoms with Crippen molar-refractivity contribution in [1.82, 2.24) is 9.55 Å². The van der Waals surface area contributed by atoms with Gasteiger partial charge in [-0.15, -0.1) is 0 Å². The number of pyridine rings is 1. The van der Waals surface area contributed by atoms with Crippen LogP contribution in [-0.2, 0) is 0 Å². The van der Waals surface area contributed by atoms with Crippen LogP contribution in [0.2, 0.25) is 0 Å². The molecule has 13 rings (SSSR count). The number of para-hydroxylation sites is 4. The molecule has 10 aromatic carbocycles. The third-order valence-corrected chi connectivity index (χ3v) is 12.4. The first-order chi connectivity index (χ1) is 43.5. The second-order valence-electron chi connectivity index (χ2n) is 16.5. The van der Waals surface area contributed by atoms with E-state index in [0.29, 0.717) is 28.6 Å². The van der Waals surface area contributed by atoms with Gasteiger partial charge in [-0.2, -0.15) is 0 Å². The molecular weight excluding hydrogens is 865 g/mol.